The number of carbonyl (C=O) groups is 2. The minimum absolute atomic E-state index is 0.0648. The maximum atomic E-state index is 13.7. The Hall–Kier alpha value is -6.54. The molecular weight excluding hydrogens is 889 g/mol. The van der Waals surface area contributed by atoms with E-state index < -0.39 is 26.0 Å². The van der Waals surface area contributed by atoms with E-state index in [1.807, 2.05) is 38.1 Å². The van der Waals surface area contributed by atoms with E-state index in [1.54, 1.807) is 115 Å². The van der Waals surface area contributed by atoms with Crippen molar-refractivity contribution >= 4 is 31.8 Å². The zero-order valence-corrected chi connectivity index (χ0v) is 40.0. The van der Waals surface area contributed by atoms with Crippen LogP contribution in [0.3, 0.4) is 0 Å². The van der Waals surface area contributed by atoms with Gasteiger partial charge in [0.15, 0.2) is 15.8 Å². The number of carboxylic acid groups (broad SMARTS) is 1. The number of ketones is 1. The van der Waals surface area contributed by atoms with E-state index in [2.05, 4.69) is 10.2 Å². The average molecular weight is 945 g/mol. The number of benzene rings is 4. The summed E-state index contributed by atoms with van der Waals surface area (Å²) in [4.78, 5) is 23.7. The van der Waals surface area contributed by atoms with Gasteiger partial charge < -0.3 is 24.1 Å². The molecule has 6 rings (SSSR count). The van der Waals surface area contributed by atoms with E-state index in [1.165, 1.54) is 31.0 Å². The fraction of sp³-hybridized carbons (Fsp3) is 0.319. The Kier molecular flexibility index (Phi) is 16.9. The minimum Gasteiger partial charge on any atom is -0.497 e. The lowest BCUT2D eigenvalue weighted by atomic mass is 10.2. The largest absolute Gasteiger partial charge is 0.497 e. The van der Waals surface area contributed by atoms with E-state index in [0.29, 0.717) is 23.0 Å². The Morgan fingerprint density at radius 2 is 0.773 bits per heavy atom. The summed E-state index contributed by atoms with van der Waals surface area (Å²) >= 11 is 0. The van der Waals surface area contributed by atoms with Crippen LogP contribution in [-0.2, 0) is 46.2 Å². The maximum absolute atomic E-state index is 13.7. The number of hydrogen-bond acceptors (Lipinski definition) is 12. The Bertz CT molecular complexity index is 2500. The summed E-state index contributed by atoms with van der Waals surface area (Å²) in [7, 11) is -1.87. The first kappa shape index (κ1) is 50.5. The minimum atomic E-state index is -4.12. The molecule has 0 saturated carbocycles. The topological polar surface area (TPSA) is 202 Å². The van der Waals surface area contributed by atoms with Gasteiger partial charge in [0.1, 0.15) is 34.4 Å². The molecule has 0 saturated heterocycles. The van der Waals surface area contributed by atoms with E-state index in [9.17, 15) is 31.5 Å². The number of carboxylic acids is 1. The van der Waals surface area contributed by atoms with Gasteiger partial charge in [0.2, 0.25) is 0 Å². The number of hydrogen-bond donors (Lipinski definition) is 1. The highest BCUT2D eigenvalue weighted by Crippen LogP contribution is 2.27. The van der Waals surface area contributed by atoms with Crippen molar-refractivity contribution in [2.45, 2.75) is 82.9 Å². The van der Waals surface area contributed by atoms with Gasteiger partial charge in [0.25, 0.3) is 20.0 Å². The molecule has 0 amide bonds. The first-order chi connectivity index (χ1) is 31.3. The highest BCUT2D eigenvalue weighted by atomic mass is 32.2. The monoisotopic (exact) mass is 944 g/mol. The predicted molar refractivity (Wildman–Crippen MR) is 247 cm³/mol. The number of Topliss-reactive ketones (excluding diaryl/α,β-unsaturated/α-hetero) is 1. The summed E-state index contributed by atoms with van der Waals surface area (Å²) in [6, 6.07) is 30.6. The summed E-state index contributed by atoms with van der Waals surface area (Å²) < 4.78 is 80.6. The average Bonchev–Trinajstić information content (AvgIpc) is 3.99. The number of aromatic nitrogens is 4. The summed E-state index contributed by atoms with van der Waals surface area (Å²) in [5.74, 6) is 1.20. The normalized spacial score (nSPS) is 11.7. The molecule has 17 nitrogen and oxygen atoms in total. The van der Waals surface area contributed by atoms with Crippen molar-refractivity contribution < 1.29 is 50.5 Å². The molecular formula is C47H56N6O11S2. The predicted octanol–water partition coefficient (Wildman–Crippen LogP) is 7.65. The Morgan fingerprint density at radius 3 is 0.970 bits per heavy atom. The zero-order chi connectivity index (χ0) is 48.3. The number of ether oxygens (including phenoxy) is 4. The molecule has 2 heterocycles. The van der Waals surface area contributed by atoms with Crippen LogP contribution in [0, 0.1) is 0 Å². The Morgan fingerprint density at radius 1 is 0.515 bits per heavy atom. The number of rotatable bonds is 20. The summed E-state index contributed by atoms with van der Waals surface area (Å²) in [5.41, 5.74) is 3.16. The number of nitrogens with zero attached hydrogens (tertiary/aromatic N) is 6. The molecule has 0 aliphatic rings. The number of methoxy groups -OCH3 is 4. The molecule has 19 heteroatoms. The van der Waals surface area contributed by atoms with Crippen LogP contribution in [-0.4, -0.2) is 90.3 Å². The first-order valence-electron chi connectivity index (χ1n) is 20.8. The van der Waals surface area contributed by atoms with Gasteiger partial charge in [-0.05, 0) is 98.5 Å². The molecule has 0 atom stereocenters. The van der Waals surface area contributed by atoms with Crippen molar-refractivity contribution in [1.29, 1.82) is 0 Å². The molecule has 2 aromatic heterocycles. The molecule has 0 spiro atoms. The third-order valence-electron chi connectivity index (χ3n) is 10.3. The van der Waals surface area contributed by atoms with Crippen LogP contribution in [0.2, 0.25) is 0 Å². The molecule has 6 aromatic rings. The molecule has 0 fully saturated rings. The van der Waals surface area contributed by atoms with Crippen LogP contribution in [0.25, 0.3) is 0 Å². The summed E-state index contributed by atoms with van der Waals surface area (Å²) in [6.45, 7) is 8.96. The molecule has 0 bridgehead atoms. The van der Waals surface area contributed by atoms with Crippen molar-refractivity contribution in [2.24, 2.45) is 0 Å². The van der Waals surface area contributed by atoms with Crippen molar-refractivity contribution in [2.75, 3.05) is 28.4 Å². The lowest BCUT2D eigenvalue weighted by molar-refractivity contribution is 0.0680. The highest BCUT2D eigenvalue weighted by Gasteiger charge is 2.32. The van der Waals surface area contributed by atoms with Gasteiger partial charge in [-0.3, -0.25) is 14.2 Å². The molecule has 0 aliphatic carbocycles. The van der Waals surface area contributed by atoms with Gasteiger partial charge in [-0.25, -0.2) is 21.6 Å². The lowest BCUT2D eigenvalue weighted by Crippen LogP contribution is -2.30. The summed E-state index contributed by atoms with van der Waals surface area (Å²) in [6.07, 6.45) is 0. The Labute approximate surface area is 386 Å². The van der Waals surface area contributed by atoms with Crippen molar-refractivity contribution in [3.05, 3.63) is 143 Å². The van der Waals surface area contributed by atoms with Crippen LogP contribution in [0.1, 0.15) is 89.9 Å². The van der Waals surface area contributed by atoms with Crippen LogP contribution >= 0.6 is 0 Å². The van der Waals surface area contributed by atoms with Crippen molar-refractivity contribution in [3.63, 3.8) is 0 Å². The van der Waals surface area contributed by atoms with E-state index in [-0.39, 0.29) is 65.5 Å². The van der Waals surface area contributed by atoms with Gasteiger partial charge in [-0.15, -0.1) is 0 Å². The second-order valence-electron chi connectivity index (χ2n) is 15.6. The third kappa shape index (κ3) is 12.4. The van der Waals surface area contributed by atoms with Crippen molar-refractivity contribution in [1.82, 2.24) is 28.2 Å². The van der Waals surface area contributed by atoms with Crippen molar-refractivity contribution in [3.8, 4) is 23.0 Å². The van der Waals surface area contributed by atoms with E-state index in [4.69, 9.17) is 18.9 Å². The van der Waals surface area contributed by atoms with E-state index in [0.717, 1.165) is 28.3 Å². The second kappa shape index (κ2) is 22.1. The molecule has 0 radical (unpaired) electrons. The third-order valence-corrected chi connectivity index (χ3v) is 13.6. The molecule has 4 aromatic carbocycles. The standard InChI is InChI=1S/C24H29N3O5S.C23H27N3O6S/c1-17(2)27-23(18(3)28)14-24(25-27)33(29,30)26(15-19-6-10-21(31-4)11-7-19)16-20-8-12-22(32-5)13-9-20;1-16(2)26-21(23(27)28)13-22(24-26)33(29,30)25(14-17-5-9-19(31-3)10-6-17)15-18-7-11-20(32-4)12-8-18/h6-14,17H,15-16H2,1-5H3;5-13,16H,14-15H2,1-4H3,(H,27,28). The fourth-order valence-electron chi connectivity index (χ4n) is 6.66. The summed E-state index contributed by atoms with van der Waals surface area (Å²) in [5, 5.41) is 17.5. The molecule has 352 valence electrons. The van der Waals surface area contributed by atoms with Gasteiger partial charge >= 0.3 is 5.97 Å². The van der Waals surface area contributed by atoms with E-state index >= 15 is 0 Å². The Balaban J connectivity index is 0.000000247. The highest BCUT2D eigenvalue weighted by molar-refractivity contribution is 7.89. The van der Waals surface area contributed by atoms with Gasteiger partial charge in [0.05, 0.1) is 28.4 Å². The smallest absolute Gasteiger partial charge is 0.354 e. The van der Waals surface area contributed by atoms with Gasteiger partial charge in [0, 0.05) is 57.3 Å². The van der Waals surface area contributed by atoms with Crippen LogP contribution < -0.4 is 18.9 Å². The molecule has 0 aliphatic heterocycles. The van der Waals surface area contributed by atoms with Gasteiger partial charge in [-0.2, -0.15) is 18.8 Å². The number of aromatic carboxylic acids is 1. The maximum Gasteiger partial charge on any atom is 0.354 e. The zero-order valence-electron chi connectivity index (χ0n) is 38.4. The molecule has 66 heavy (non-hydrogen) atoms. The quantitative estimate of drug-likeness (QED) is 0.0733. The van der Waals surface area contributed by atoms with Gasteiger partial charge in [-0.1, -0.05) is 48.5 Å². The molecule has 0 unspecified atom stereocenters. The van der Waals surface area contributed by atoms with Crippen LogP contribution in [0.5, 0.6) is 23.0 Å². The first-order valence-corrected chi connectivity index (χ1v) is 23.6. The number of sulfonamides is 2. The fourth-order valence-corrected chi connectivity index (χ4v) is 9.37. The van der Waals surface area contributed by atoms with Crippen LogP contribution in [0.15, 0.2) is 119 Å². The second-order valence-corrected chi connectivity index (χ2v) is 19.4. The lowest BCUT2D eigenvalue weighted by Gasteiger charge is -2.21. The molecule has 1 N–H and O–H groups in total. The SMILES string of the molecule is COc1ccc(CN(Cc2ccc(OC)cc2)S(=O)(=O)c2cc(C(=O)O)n(C(C)C)n2)cc1.COc1ccc(CN(Cc2ccc(OC)cc2)S(=O)(=O)c2cc(C(C)=O)n(C(C)C)n2)cc1. The number of carbonyl (C=O) groups excluding carboxylic acids is 1. The van der Waals surface area contributed by atoms with Crippen LogP contribution in [0.4, 0.5) is 0 Å².